The number of aromatic amines is 1. The Morgan fingerprint density at radius 1 is 1.16 bits per heavy atom. The zero-order chi connectivity index (χ0) is 17.2. The molecule has 0 bridgehead atoms. The molecule has 136 valence electrons. The van der Waals surface area contributed by atoms with E-state index < -0.39 is 0 Å². The smallest absolute Gasteiger partial charge is 0.270 e. The van der Waals surface area contributed by atoms with Crippen LogP contribution < -0.4 is 0 Å². The average Bonchev–Trinajstić information content (AvgIpc) is 3.01. The van der Waals surface area contributed by atoms with E-state index in [0.29, 0.717) is 0 Å². The van der Waals surface area contributed by atoms with Crippen molar-refractivity contribution in [3.63, 3.8) is 0 Å². The van der Waals surface area contributed by atoms with E-state index in [0.717, 1.165) is 70.0 Å². The molecule has 2 fully saturated rings. The fourth-order valence-electron chi connectivity index (χ4n) is 3.88. The molecule has 0 aliphatic carbocycles. The van der Waals surface area contributed by atoms with Gasteiger partial charge in [0.05, 0.1) is 23.4 Å². The van der Waals surface area contributed by atoms with Crippen molar-refractivity contribution < 1.29 is 9.53 Å². The molecule has 0 saturated carbocycles. The molecule has 0 atom stereocenters. The van der Waals surface area contributed by atoms with Crippen molar-refractivity contribution in [2.75, 3.05) is 39.4 Å². The van der Waals surface area contributed by atoms with Gasteiger partial charge in [0.2, 0.25) is 0 Å². The highest BCUT2D eigenvalue weighted by Crippen LogP contribution is 2.32. The first kappa shape index (κ1) is 17.1. The number of nitrogens with one attached hydrogen (secondary N) is 1. The molecule has 5 nitrogen and oxygen atoms in total. The Hall–Kier alpha value is -1.37. The first-order chi connectivity index (χ1) is 12.2. The standard InChI is InChI=1S/C19H27N3O2S/c1-14-15(13-21-8-10-24-11-9-21)18-17(25-14)12-16(20-18)19(23)22-6-4-2-3-5-7-22/h12,20H,2-11,13H2,1H3. The second-order valence-electron chi connectivity index (χ2n) is 7.15. The van der Waals surface area contributed by atoms with Crippen LogP contribution in [0.5, 0.6) is 0 Å². The van der Waals surface area contributed by atoms with E-state index in [1.165, 1.54) is 28.0 Å². The number of carbonyl (C=O) groups excluding carboxylic acids is 1. The number of hydrogen-bond donors (Lipinski definition) is 1. The lowest BCUT2D eigenvalue weighted by Gasteiger charge is -2.26. The summed E-state index contributed by atoms with van der Waals surface area (Å²) in [5.74, 6) is 0.167. The number of thiophene rings is 1. The van der Waals surface area contributed by atoms with E-state index in [9.17, 15) is 4.79 Å². The van der Waals surface area contributed by atoms with Gasteiger partial charge in [0.1, 0.15) is 5.69 Å². The number of rotatable bonds is 3. The van der Waals surface area contributed by atoms with Crippen molar-refractivity contribution in [2.24, 2.45) is 0 Å². The summed E-state index contributed by atoms with van der Waals surface area (Å²) in [5.41, 5.74) is 3.26. The third-order valence-electron chi connectivity index (χ3n) is 5.38. The van der Waals surface area contributed by atoms with Crippen LogP contribution in [0, 0.1) is 6.92 Å². The number of aryl methyl sites for hydroxylation is 1. The molecule has 0 radical (unpaired) electrons. The maximum atomic E-state index is 12.9. The van der Waals surface area contributed by atoms with E-state index >= 15 is 0 Å². The number of nitrogens with zero attached hydrogens (tertiary/aromatic N) is 2. The normalized spacial score (nSPS) is 20.1. The minimum Gasteiger partial charge on any atom is -0.379 e. The molecule has 2 aromatic heterocycles. The number of carbonyl (C=O) groups is 1. The summed E-state index contributed by atoms with van der Waals surface area (Å²) < 4.78 is 6.66. The molecular weight excluding hydrogens is 334 g/mol. The van der Waals surface area contributed by atoms with E-state index in [1.807, 2.05) is 4.90 Å². The predicted molar refractivity (Wildman–Crippen MR) is 101 cm³/mol. The number of amides is 1. The zero-order valence-corrected chi connectivity index (χ0v) is 15.8. The number of morpholine rings is 1. The van der Waals surface area contributed by atoms with Crippen LogP contribution in [0.1, 0.15) is 46.6 Å². The molecule has 4 heterocycles. The number of likely N-dealkylation sites (tertiary alicyclic amines) is 1. The first-order valence-corrected chi connectivity index (χ1v) is 10.2. The minimum atomic E-state index is 0.167. The van der Waals surface area contributed by atoms with Gasteiger partial charge in [0.25, 0.3) is 5.91 Å². The van der Waals surface area contributed by atoms with Crippen LogP contribution in [0.15, 0.2) is 6.07 Å². The quantitative estimate of drug-likeness (QED) is 0.912. The number of ether oxygens (including phenoxy) is 1. The van der Waals surface area contributed by atoms with Crippen molar-refractivity contribution in [2.45, 2.75) is 39.2 Å². The Kier molecular flexibility index (Phi) is 5.10. The molecule has 2 aliphatic rings. The van der Waals surface area contributed by atoms with Gasteiger partial charge in [-0.05, 0) is 25.8 Å². The molecule has 0 aromatic carbocycles. The van der Waals surface area contributed by atoms with Crippen molar-refractivity contribution in [1.29, 1.82) is 0 Å². The van der Waals surface area contributed by atoms with Gasteiger partial charge < -0.3 is 14.6 Å². The van der Waals surface area contributed by atoms with Crippen molar-refractivity contribution >= 4 is 27.5 Å². The SMILES string of the molecule is Cc1sc2cc(C(=O)N3CCCCCC3)[nH]c2c1CN1CCOCC1. The van der Waals surface area contributed by atoms with Crippen molar-refractivity contribution in [3.8, 4) is 0 Å². The Balaban J connectivity index is 1.56. The van der Waals surface area contributed by atoms with Crippen molar-refractivity contribution in [1.82, 2.24) is 14.8 Å². The van der Waals surface area contributed by atoms with Crippen LogP contribution >= 0.6 is 11.3 Å². The summed E-state index contributed by atoms with van der Waals surface area (Å²) in [5, 5.41) is 0. The summed E-state index contributed by atoms with van der Waals surface area (Å²) in [7, 11) is 0. The van der Waals surface area contributed by atoms with Gasteiger partial charge in [-0.25, -0.2) is 0 Å². The van der Waals surface area contributed by atoms with E-state index in [2.05, 4.69) is 22.9 Å². The number of hydrogen-bond acceptors (Lipinski definition) is 4. The largest absolute Gasteiger partial charge is 0.379 e. The van der Waals surface area contributed by atoms with Crippen LogP contribution in [0.4, 0.5) is 0 Å². The average molecular weight is 362 g/mol. The summed E-state index contributed by atoms with van der Waals surface area (Å²) >= 11 is 1.80. The monoisotopic (exact) mass is 361 g/mol. The summed E-state index contributed by atoms with van der Waals surface area (Å²) in [6.07, 6.45) is 4.74. The molecule has 4 rings (SSSR count). The fourth-order valence-corrected chi connectivity index (χ4v) is 4.95. The van der Waals surface area contributed by atoms with Gasteiger partial charge in [-0.3, -0.25) is 9.69 Å². The lowest BCUT2D eigenvalue weighted by atomic mass is 10.2. The van der Waals surface area contributed by atoms with Crippen LogP contribution in [0.25, 0.3) is 10.2 Å². The van der Waals surface area contributed by atoms with Crippen LogP contribution in [-0.2, 0) is 11.3 Å². The second kappa shape index (κ2) is 7.48. The van der Waals surface area contributed by atoms with E-state index in [-0.39, 0.29) is 5.91 Å². The molecule has 2 aliphatic heterocycles. The second-order valence-corrected chi connectivity index (χ2v) is 8.41. The first-order valence-electron chi connectivity index (χ1n) is 9.43. The minimum absolute atomic E-state index is 0.167. The number of H-pyrrole nitrogens is 1. The molecule has 6 heteroatoms. The van der Waals surface area contributed by atoms with Gasteiger partial charge in [0.15, 0.2) is 0 Å². The highest BCUT2D eigenvalue weighted by molar-refractivity contribution is 7.19. The van der Waals surface area contributed by atoms with Gasteiger partial charge in [-0.15, -0.1) is 11.3 Å². The molecule has 25 heavy (non-hydrogen) atoms. The zero-order valence-electron chi connectivity index (χ0n) is 15.0. The molecular formula is C19H27N3O2S. The third kappa shape index (κ3) is 3.61. The maximum absolute atomic E-state index is 12.9. The lowest BCUT2D eigenvalue weighted by molar-refractivity contribution is 0.0343. The summed E-state index contributed by atoms with van der Waals surface area (Å²) in [6.45, 7) is 8.51. The topological polar surface area (TPSA) is 48.6 Å². The molecule has 1 N–H and O–H groups in total. The van der Waals surface area contributed by atoms with E-state index in [1.54, 1.807) is 11.3 Å². The molecule has 0 unspecified atom stereocenters. The molecule has 0 spiro atoms. The highest BCUT2D eigenvalue weighted by Gasteiger charge is 2.22. The fraction of sp³-hybridized carbons (Fsp3) is 0.632. The van der Waals surface area contributed by atoms with Gasteiger partial charge >= 0.3 is 0 Å². The molecule has 2 saturated heterocycles. The van der Waals surface area contributed by atoms with Crippen LogP contribution in [0.2, 0.25) is 0 Å². The lowest BCUT2D eigenvalue weighted by Crippen LogP contribution is -2.35. The third-order valence-corrected chi connectivity index (χ3v) is 6.47. The number of fused-ring (bicyclic) bond motifs is 1. The van der Waals surface area contributed by atoms with Gasteiger partial charge in [0, 0.05) is 43.2 Å². The summed E-state index contributed by atoms with van der Waals surface area (Å²) in [6, 6.07) is 2.06. The molecule has 1 amide bonds. The van der Waals surface area contributed by atoms with E-state index in [4.69, 9.17) is 4.74 Å². The molecule has 2 aromatic rings. The predicted octanol–water partition coefficient (Wildman–Crippen LogP) is 3.39. The maximum Gasteiger partial charge on any atom is 0.270 e. The number of aromatic nitrogens is 1. The Bertz CT molecular complexity index is 737. The van der Waals surface area contributed by atoms with Gasteiger partial charge in [-0.2, -0.15) is 0 Å². The van der Waals surface area contributed by atoms with Crippen LogP contribution in [0.3, 0.4) is 0 Å². The van der Waals surface area contributed by atoms with Crippen LogP contribution in [-0.4, -0.2) is 60.1 Å². The Morgan fingerprint density at radius 2 is 1.88 bits per heavy atom. The summed E-state index contributed by atoms with van der Waals surface area (Å²) in [4.78, 5) is 22.1. The van der Waals surface area contributed by atoms with Crippen molar-refractivity contribution in [3.05, 3.63) is 22.2 Å². The van der Waals surface area contributed by atoms with Gasteiger partial charge in [-0.1, -0.05) is 12.8 Å². The Morgan fingerprint density at radius 3 is 2.60 bits per heavy atom. The highest BCUT2D eigenvalue weighted by atomic mass is 32.1. The Labute approximate surface area is 152 Å².